The van der Waals surface area contributed by atoms with E-state index in [9.17, 15) is 0 Å². The highest BCUT2D eigenvalue weighted by atomic mass is 32.1. The third-order valence-electron chi connectivity index (χ3n) is 3.52. The van der Waals surface area contributed by atoms with Crippen LogP contribution in [0.5, 0.6) is 0 Å². The van der Waals surface area contributed by atoms with E-state index in [0.29, 0.717) is 0 Å². The molecule has 2 rings (SSSR count). The van der Waals surface area contributed by atoms with E-state index in [1.54, 1.807) is 0 Å². The van der Waals surface area contributed by atoms with Gasteiger partial charge in [0.25, 0.3) is 0 Å². The van der Waals surface area contributed by atoms with Crippen LogP contribution in [0.1, 0.15) is 54.1 Å². The van der Waals surface area contributed by atoms with Crippen LogP contribution in [-0.4, -0.2) is 16.6 Å². The zero-order chi connectivity index (χ0) is 14.9. The van der Waals surface area contributed by atoms with Gasteiger partial charge in [-0.1, -0.05) is 49.0 Å². The third kappa shape index (κ3) is 2.91. The molecule has 0 amide bonds. The summed E-state index contributed by atoms with van der Waals surface area (Å²) in [5.41, 5.74) is 4.98. The van der Waals surface area contributed by atoms with E-state index in [4.69, 9.17) is 0 Å². The second-order valence-electron chi connectivity index (χ2n) is 6.32. The molecule has 20 heavy (non-hydrogen) atoms. The Bertz CT molecular complexity index is 596. The molecule has 3 nitrogen and oxygen atoms in total. The van der Waals surface area contributed by atoms with Crippen molar-refractivity contribution in [1.29, 1.82) is 0 Å². The smallest absolute Gasteiger partial charge is 0.0860 e. The van der Waals surface area contributed by atoms with Crippen LogP contribution in [0.15, 0.2) is 18.2 Å². The molecule has 1 N–H and O–H groups in total. The molecule has 1 aromatic carbocycles. The summed E-state index contributed by atoms with van der Waals surface area (Å²) in [5.74, 6) is 0. The minimum atomic E-state index is 0.00909. The van der Waals surface area contributed by atoms with Gasteiger partial charge < -0.3 is 5.32 Å². The molecule has 0 fully saturated rings. The summed E-state index contributed by atoms with van der Waals surface area (Å²) in [7, 11) is 2.00. The molecule has 1 heterocycles. The number of nitrogens with zero attached hydrogens (tertiary/aromatic N) is 2. The van der Waals surface area contributed by atoms with Gasteiger partial charge in [0.15, 0.2) is 0 Å². The lowest BCUT2D eigenvalue weighted by Crippen LogP contribution is -2.23. The Labute approximate surface area is 125 Å². The molecule has 1 atom stereocenters. The standard InChI is InChI=1S/C16H23N3S/c1-10-7-8-11(2)12(9-10)13(17-6)14-15(16(3,4)5)18-19-20-14/h7-9,13,17H,1-6H3. The summed E-state index contributed by atoms with van der Waals surface area (Å²) in [6, 6.07) is 6.74. The first-order chi connectivity index (χ1) is 9.34. The Morgan fingerprint density at radius 2 is 1.90 bits per heavy atom. The van der Waals surface area contributed by atoms with Crippen molar-refractivity contribution in [3.8, 4) is 0 Å². The Morgan fingerprint density at radius 1 is 1.20 bits per heavy atom. The Kier molecular flexibility index (Phi) is 4.25. The first-order valence-electron chi connectivity index (χ1n) is 6.91. The quantitative estimate of drug-likeness (QED) is 0.935. The molecule has 0 aliphatic heterocycles. The van der Waals surface area contributed by atoms with Crippen molar-refractivity contribution in [2.45, 2.75) is 46.1 Å². The van der Waals surface area contributed by atoms with E-state index in [2.05, 4.69) is 67.7 Å². The number of nitrogens with one attached hydrogen (secondary N) is 1. The van der Waals surface area contributed by atoms with Gasteiger partial charge in [-0.15, -0.1) is 5.10 Å². The lowest BCUT2D eigenvalue weighted by atomic mass is 9.88. The highest BCUT2D eigenvalue weighted by Gasteiger charge is 2.28. The topological polar surface area (TPSA) is 37.8 Å². The molecule has 0 aliphatic rings. The number of rotatable bonds is 3. The fourth-order valence-corrected chi connectivity index (χ4v) is 3.40. The summed E-state index contributed by atoms with van der Waals surface area (Å²) in [6.45, 7) is 10.8. The van der Waals surface area contributed by atoms with E-state index >= 15 is 0 Å². The molecule has 108 valence electrons. The molecule has 1 unspecified atom stereocenters. The summed E-state index contributed by atoms with van der Waals surface area (Å²) in [6.07, 6.45) is 0. The minimum absolute atomic E-state index is 0.00909. The van der Waals surface area contributed by atoms with Crippen molar-refractivity contribution in [3.05, 3.63) is 45.5 Å². The Hall–Kier alpha value is -1.26. The molecule has 0 saturated heterocycles. The van der Waals surface area contributed by atoms with E-state index in [1.807, 2.05) is 7.05 Å². The van der Waals surface area contributed by atoms with Crippen LogP contribution in [0.3, 0.4) is 0 Å². The number of benzene rings is 1. The molecular weight excluding hydrogens is 266 g/mol. The van der Waals surface area contributed by atoms with Crippen LogP contribution in [0.25, 0.3) is 0 Å². The number of aryl methyl sites for hydroxylation is 2. The minimum Gasteiger partial charge on any atom is -0.309 e. The Morgan fingerprint density at radius 3 is 2.50 bits per heavy atom. The lowest BCUT2D eigenvalue weighted by molar-refractivity contribution is 0.549. The fourth-order valence-electron chi connectivity index (χ4n) is 2.41. The first kappa shape index (κ1) is 15.1. The summed E-state index contributed by atoms with van der Waals surface area (Å²) in [5, 5.41) is 7.79. The van der Waals surface area contributed by atoms with Crippen LogP contribution >= 0.6 is 11.5 Å². The summed E-state index contributed by atoms with van der Waals surface area (Å²) in [4.78, 5) is 1.22. The molecule has 1 aromatic heterocycles. The maximum Gasteiger partial charge on any atom is 0.0860 e. The zero-order valence-electron chi connectivity index (χ0n) is 13.1. The summed E-state index contributed by atoms with van der Waals surface area (Å²) < 4.78 is 4.19. The zero-order valence-corrected chi connectivity index (χ0v) is 13.9. The predicted molar refractivity (Wildman–Crippen MR) is 85.4 cm³/mol. The van der Waals surface area contributed by atoms with Gasteiger partial charge in [0, 0.05) is 5.41 Å². The molecule has 0 radical (unpaired) electrons. The van der Waals surface area contributed by atoms with E-state index in [1.165, 1.54) is 33.1 Å². The van der Waals surface area contributed by atoms with Crippen molar-refractivity contribution in [3.63, 3.8) is 0 Å². The van der Waals surface area contributed by atoms with Crippen LogP contribution in [-0.2, 0) is 5.41 Å². The Balaban J connectivity index is 2.54. The van der Waals surface area contributed by atoms with Gasteiger partial charge in [-0.05, 0) is 43.6 Å². The third-order valence-corrected chi connectivity index (χ3v) is 4.31. The molecule has 0 spiro atoms. The fraction of sp³-hybridized carbons (Fsp3) is 0.500. The molecule has 4 heteroatoms. The molecule has 2 aromatic rings. The van der Waals surface area contributed by atoms with E-state index < -0.39 is 0 Å². The monoisotopic (exact) mass is 289 g/mol. The average Bonchev–Trinajstić information content (AvgIpc) is 2.83. The van der Waals surface area contributed by atoms with Gasteiger partial charge in [0.05, 0.1) is 16.6 Å². The number of aromatic nitrogens is 2. The van der Waals surface area contributed by atoms with Crippen molar-refractivity contribution in [1.82, 2.24) is 14.9 Å². The predicted octanol–water partition coefficient (Wildman–Crippen LogP) is 3.76. The van der Waals surface area contributed by atoms with Crippen molar-refractivity contribution >= 4 is 11.5 Å². The van der Waals surface area contributed by atoms with Crippen molar-refractivity contribution in [2.24, 2.45) is 0 Å². The SMILES string of the molecule is CNC(c1cc(C)ccc1C)c1snnc1C(C)(C)C. The van der Waals surface area contributed by atoms with Gasteiger partial charge >= 0.3 is 0 Å². The van der Waals surface area contributed by atoms with Crippen LogP contribution in [0.2, 0.25) is 0 Å². The first-order valence-corrected chi connectivity index (χ1v) is 7.69. The van der Waals surface area contributed by atoms with E-state index in [0.717, 1.165) is 5.69 Å². The largest absolute Gasteiger partial charge is 0.309 e. The highest BCUT2D eigenvalue weighted by Crippen LogP contribution is 2.34. The summed E-state index contributed by atoms with van der Waals surface area (Å²) >= 11 is 1.49. The second-order valence-corrected chi connectivity index (χ2v) is 7.10. The van der Waals surface area contributed by atoms with Crippen LogP contribution in [0.4, 0.5) is 0 Å². The number of hydrogen-bond acceptors (Lipinski definition) is 4. The van der Waals surface area contributed by atoms with E-state index in [-0.39, 0.29) is 11.5 Å². The van der Waals surface area contributed by atoms with Gasteiger partial charge in [0.1, 0.15) is 0 Å². The molecular formula is C16H23N3S. The normalized spacial score (nSPS) is 13.5. The average molecular weight is 289 g/mol. The maximum absolute atomic E-state index is 4.36. The number of hydrogen-bond donors (Lipinski definition) is 1. The molecule has 0 aliphatic carbocycles. The van der Waals surface area contributed by atoms with Crippen LogP contribution in [0, 0.1) is 13.8 Å². The van der Waals surface area contributed by atoms with Crippen LogP contribution < -0.4 is 5.32 Å². The van der Waals surface area contributed by atoms with Gasteiger partial charge in [-0.2, -0.15) is 0 Å². The molecule has 0 bridgehead atoms. The van der Waals surface area contributed by atoms with Gasteiger partial charge in [0.2, 0.25) is 0 Å². The maximum atomic E-state index is 4.36. The van der Waals surface area contributed by atoms with Gasteiger partial charge in [-0.3, -0.25) is 0 Å². The van der Waals surface area contributed by atoms with Crippen molar-refractivity contribution in [2.75, 3.05) is 7.05 Å². The van der Waals surface area contributed by atoms with Crippen molar-refractivity contribution < 1.29 is 0 Å². The highest BCUT2D eigenvalue weighted by molar-refractivity contribution is 7.05. The second kappa shape index (κ2) is 5.62. The van der Waals surface area contributed by atoms with Gasteiger partial charge in [-0.25, -0.2) is 0 Å². The molecule has 0 saturated carbocycles. The lowest BCUT2D eigenvalue weighted by Gasteiger charge is -2.23.